The van der Waals surface area contributed by atoms with Crippen LogP contribution in [0.1, 0.15) is 63.8 Å². The number of hydrogen-bond donors (Lipinski definition) is 1. The molecule has 2 aliphatic heterocycles. The normalized spacial score (nSPS) is 24.9. The van der Waals surface area contributed by atoms with E-state index in [0.717, 1.165) is 32.7 Å². The van der Waals surface area contributed by atoms with Gasteiger partial charge < -0.3 is 24.4 Å². The van der Waals surface area contributed by atoms with Crippen LogP contribution in [0, 0.1) is 8.99 Å². The molecule has 1 aromatic heterocycles. The lowest BCUT2D eigenvalue weighted by molar-refractivity contribution is -0.154. The third-order valence-electron chi connectivity index (χ3n) is 7.02. The van der Waals surface area contributed by atoms with Gasteiger partial charge in [0.15, 0.2) is 0 Å². The SMILES string of the molecule is CCOC(=O)[C@@H]1C[C@@H]2CN1C(=O)[C@H](C(C)(C)C)NC(=O)OCCCCC(Br)c1cc(I)c3ccnc(c3c1)O2. The summed E-state index contributed by atoms with van der Waals surface area (Å²) >= 11 is 6.15. The number of nitrogens with one attached hydrogen (secondary N) is 1. The van der Waals surface area contributed by atoms with Crippen LogP contribution in [0.2, 0.25) is 0 Å². The Balaban J connectivity index is 1.75. The number of aromatic nitrogens is 1. The zero-order valence-corrected chi connectivity index (χ0v) is 26.4. The molecule has 2 aliphatic rings. The predicted octanol–water partition coefficient (Wildman–Crippen LogP) is 5.51. The summed E-state index contributed by atoms with van der Waals surface area (Å²) in [6, 6.07) is 4.44. The second kappa shape index (κ2) is 12.6. The number of fused-ring (bicyclic) bond motifs is 3. The molecule has 0 aliphatic carbocycles. The number of esters is 1. The van der Waals surface area contributed by atoms with E-state index in [0.29, 0.717) is 12.3 Å². The number of rotatable bonds is 2. The van der Waals surface area contributed by atoms with Crippen molar-refractivity contribution >= 4 is 67.3 Å². The van der Waals surface area contributed by atoms with Crippen molar-refractivity contribution in [3.63, 3.8) is 0 Å². The Kier molecular flexibility index (Phi) is 9.61. The summed E-state index contributed by atoms with van der Waals surface area (Å²) in [5.74, 6) is -0.415. The number of alkyl halides is 1. The number of carbonyl (C=O) groups is 3. The van der Waals surface area contributed by atoms with Crippen LogP contribution < -0.4 is 10.1 Å². The minimum atomic E-state index is -0.911. The Labute approximate surface area is 251 Å². The summed E-state index contributed by atoms with van der Waals surface area (Å²) < 4.78 is 18.2. The quantitative estimate of drug-likeness (QED) is 0.248. The molecule has 2 aromatic rings. The first-order chi connectivity index (χ1) is 18.5. The molecule has 3 heterocycles. The predicted molar refractivity (Wildman–Crippen MR) is 159 cm³/mol. The number of alkyl carbamates (subject to hydrolysis) is 1. The highest BCUT2D eigenvalue weighted by molar-refractivity contribution is 14.1. The van der Waals surface area contributed by atoms with Gasteiger partial charge in [-0.25, -0.2) is 14.6 Å². The van der Waals surface area contributed by atoms with Crippen molar-refractivity contribution in [1.29, 1.82) is 0 Å². The molecule has 1 saturated heterocycles. The van der Waals surface area contributed by atoms with E-state index >= 15 is 0 Å². The maximum absolute atomic E-state index is 13.9. The van der Waals surface area contributed by atoms with E-state index in [1.807, 2.05) is 26.8 Å². The second-order valence-corrected chi connectivity index (χ2v) is 13.3. The molecule has 39 heavy (non-hydrogen) atoms. The van der Waals surface area contributed by atoms with E-state index in [-0.39, 0.29) is 36.9 Å². The van der Waals surface area contributed by atoms with Crippen molar-refractivity contribution in [2.24, 2.45) is 5.41 Å². The van der Waals surface area contributed by atoms with E-state index in [2.05, 4.69) is 61.0 Å². The first kappa shape index (κ1) is 29.8. The number of amides is 2. The summed E-state index contributed by atoms with van der Waals surface area (Å²) in [7, 11) is 0. The Morgan fingerprint density at radius 1 is 1.26 bits per heavy atom. The number of halogens is 2. The van der Waals surface area contributed by atoms with Crippen LogP contribution in [0.25, 0.3) is 10.8 Å². The third kappa shape index (κ3) is 6.96. The zero-order valence-electron chi connectivity index (χ0n) is 22.7. The molecule has 11 heteroatoms. The van der Waals surface area contributed by atoms with E-state index in [4.69, 9.17) is 14.2 Å². The van der Waals surface area contributed by atoms with Crippen LogP contribution >= 0.6 is 38.5 Å². The highest BCUT2D eigenvalue weighted by Gasteiger charge is 2.46. The van der Waals surface area contributed by atoms with Crippen LogP contribution in [0.5, 0.6) is 5.88 Å². The van der Waals surface area contributed by atoms with Crippen molar-refractivity contribution in [3.05, 3.63) is 33.5 Å². The average molecular weight is 716 g/mol. The topological polar surface area (TPSA) is 107 Å². The lowest BCUT2D eigenvalue weighted by Crippen LogP contribution is -2.57. The van der Waals surface area contributed by atoms with Crippen LogP contribution in [0.3, 0.4) is 0 Å². The van der Waals surface area contributed by atoms with Gasteiger partial charge in [-0.1, -0.05) is 36.7 Å². The van der Waals surface area contributed by atoms with Gasteiger partial charge in [0.2, 0.25) is 11.8 Å². The number of ether oxygens (including phenoxy) is 3. The zero-order chi connectivity index (χ0) is 28.3. The first-order valence-electron chi connectivity index (χ1n) is 13.3. The van der Waals surface area contributed by atoms with E-state index in [1.165, 1.54) is 4.90 Å². The van der Waals surface area contributed by atoms with Gasteiger partial charge in [0.1, 0.15) is 18.2 Å². The van der Waals surface area contributed by atoms with Gasteiger partial charge in [-0.3, -0.25) is 4.79 Å². The largest absolute Gasteiger partial charge is 0.472 e. The van der Waals surface area contributed by atoms with Crippen molar-refractivity contribution < 1.29 is 28.6 Å². The number of benzene rings is 1. The molecule has 0 saturated carbocycles. The molecule has 4 rings (SSSR count). The van der Waals surface area contributed by atoms with Gasteiger partial charge in [0.05, 0.1) is 19.8 Å². The second-order valence-electron chi connectivity index (χ2n) is 11.0. The van der Waals surface area contributed by atoms with E-state index in [9.17, 15) is 14.4 Å². The molecule has 0 spiro atoms. The fourth-order valence-electron chi connectivity index (χ4n) is 4.99. The summed E-state index contributed by atoms with van der Waals surface area (Å²) in [4.78, 5) is 45.7. The Morgan fingerprint density at radius 2 is 2.03 bits per heavy atom. The van der Waals surface area contributed by atoms with Crippen LogP contribution in [0.4, 0.5) is 4.79 Å². The molecule has 1 N–H and O–H groups in total. The van der Waals surface area contributed by atoms with E-state index in [1.54, 1.807) is 13.1 Å². The maximum atomic E-state index is 13.9. The van der Waals surface area contributed by atoms with Gasteiger partial charge in [-0.05, 0) is 78.0 Å². The maximum Gasteiger partial charge on any atom is 0.407 e. The lowest BCUT2D eigenvalue weighted by atomic mass is 9.85. The van der Waals surface area contributed by atoms with E-state index < -0.39 is 35.7 Å². The summed E-state index contributed by atoms with van der Waals surface area (Å²) in [5, 5.41) is 4.66. The minimum absolute atomic E-state index is 0.106. The average Bonchev–Trinajstić information content (AvgIpc) is 3.30. The van der Waals surface area contributed by atoms with Gasteiger partial charge in [0.25, 0.3) is 0 Å². The molecule has 1 unspecified atom stereocenters. The summed E-state index contributed by atoms with van der Waals surface area (Å²) in [5.41, 5.74) is 0.466. The third-order valence-corrected chi connectivity index (χ3v) is 8.90. The number of cyclic esters (lactones) is 1. The Bertz CT molecular complexity index is 1240. The molecule has 2 amide bonds. The highest BCUT2D eigenvalue weighted by Crippen LogP contribution is 2.37. The smallest absolute Gasteiger partial charge is 0.407 e. The molecular weight excluding hydrogens is 681 g/mol. The van der Waals surface area contributed by atoms with Crippen LogP contribution in [-0.2, 0) is 19.1 Å². The van der Waals surface area contributed by atoms with Gasteiger partial charge in [-0.2, -0.15) is 0 Å². The number of nitrogens with zero attached hydrogens (tertiary/aromatic N) is 2. The Hall–Kier alpha value is -2.15. The molecule has 1 aromatic carbocycles. The molecular formula is C28H35BrIN3O6. The standard InChI is InChI=1S/C28H35BrIN3O6/c1-5-37-26(35)22-14-17-15-33(22)25(34)23(28(2,3)4)32-27(36)38-11-7-6-8-20(29)16-12-19-18(21(30)13-16)9-10-31-24(19)39-17/h9-10,12-13,17,20,22-23H,5-8,11,14-15H2,1-4H3,(H,32,36)/t17-,20?,22+,23-/m1/s1. The minimum Gasteiger partial charge on any atom is -0.472 e. The van der Waals surface area contributed by atoms with Crippen molar-refractivity contribution in [1.82, 2.24) is 15.2 Å². The molecule has 4 bridgehead atoms. The number of pyridine rings is 1. The fraction of sp³-hybridized carbons (Fsp3) is 0.571. The molecule has 212 valence electrons. The lowest BCUT2D eigenvalue weighted by Gasteiger charge is -2.34. The van der Waals surface area contributed by atoms with Gasteiger partial charge >= 0.3 is 12.1 Å². The molecule has 1 fully saturated rings. The molecule has 0 radical (unpaired) electrons. The molecule has 9 nitrogen and oxygen atoms in total. The number of carbonyl (C=O) groups excluding carboxylic acids is 3. The van der Waals surface area contributed by atoms with Crippen LogP contribution in [-0.4, -0.2) is 65.8 Å². The Morgan fingerprint density at radius 3 is 2.74 bits per heavy atom. The molecule has 4 atom stereocenters. The highest BCUT2D eigenvalue weighted by atomic mass is 127. The van der Waals surface area contributed by atoms with Gasteiger partial charge in [0, 0.05) is 31.8 Å². The first-order valence-corrected chi connectivity index (χ1v) is 15.3. The summed E-state index contributed by atoms with van der Waals surface area (Å²) in [6.45, 7) is 7.90. The fourth-order valence-corrected chi connectivity index (χ4v) is 6.40. The van der Waals surface area contributed by atoms with Crippen molar-refractivity contribution in [2.75, 3.05) is 19.8 Å². The van der Waals surface area contributed by atoms with Crippen molar-refractivity contribution in [2.45, 2.75) is 76.4 Å². The summed E-state index contributed by atoms with van der Waals surface area (Å²) in [6.07, 6.45) is 3.19. The monoisotopic (exact) mass is 715 g/mol. The van der Waals surface area contributed by atoms with Crippen molar-refractivity contribution in [3.8, 4) is 5.88 Å². The van der Waals surface area contributed by atoms with Crippen LogP contribution in [0.15, 0.2) is 24.4 Å². The number of hydrogen-bond acceptors (Lipinski definition) is 7. The van der Waals surface area contributed by atoms with Gasteiger partial charge in [-0.15, -0.1) is 0 Å².